The molecule has 0 saturated carbocycles. The minimum absolute atomic E-state index is 0.346. The number of hydrogen-bond acceptors (Lipinski definition) is 4. The van der Waals surface area contributed by atoms with Gasteiger partial charge in [-0.3, -0.25) is 5.41 Å². The van der Waals surface area contributed by atoms with E-state index >= 15 is 0 Å². The highest BCUT2D eigenvalue weighted by molar-refractivity contribution is 6.39. The number of rotatable bonds is 0. The fourth-order valence-corrected chi connectivity index (χ4v) is 1.36. The van der Waals surface area contributed by atoms with E-state index in [1.165, 1.54) is 0 Å². The monoisotopic (exact) mass is 152 g/mol. The third-order valence-corrected chi connectivity index (χ3v) is 2.11. The molecule has 2 aliphatic rings. The van der Waals surface area contributed by atoms with Crippen molar-refractivity contribution >= 4 is 11.5 Å². The smallest absolute Gasteiger partial charge is 0.276 e. The Labute approximate surface area is 64.5 Å². The number of fused-ring (bicyclic) bond motifs is 1. The fourth-order valence-electron chi connectivity index (χ4n) is 1.36. The van der Waals surface area contributed by atoms with Crippen molar-refractivity contribution in [1.29, 1.82) is 5.41 Å². The maximum Gasteiger partial charge on any atom is 0.276 e. The zero-order chi connectivity index (χ0) is 8.06. The summed E-state index contributed by atoms with van der Waals surface area (Å²) < 4.78 is 0.346. The van der Waals surface area contributed by atoms with Crippen molar-refractivity contribution in [3.05, 3.63) is 12.4 Å². The average molecular weight is 152 g/mol. The quantitative estimate of drug-likeness (QED) is 0.361. The van der Waals surface area contributed by atoms with Gasteiger partial charge in [-0.05, 0) is 0 Å². The van der Waals surface area contributed by atoms with Crippen LogP contribution < -0.4 is 5.84 Å². The summed E-state index contributed by atoms with van der Waals surface area (Å²) in [7, 11) is 1.91. The third-order valence-electron chi connectivity index (χ3n) is 2.11. The number of aliphatic imine (C=N–C) groups is 1. The first-order valence-electron chi connectivity index (χ1n) is 3.37. The summed E-state index contributed by atoms with van der Waals surface area (Å²) >= 11 is 0. The first kappa shape index (κ1) is 6.66. The molecule has 2 aliphatic heterocycles. The van der Waals surface area contributed by atoms with Gasteiger partial charge in [0.25, 0.3) is 5.84 Å². The summed E-state index contributed by atoms with van der Waals surface area (Å²) in [4.78, 5) is 4.06. The van der Waals surface area contributed by atoms with E-state index in [2.05, 4.69) is 4.99 Å². The Morgan fingerprint density at radius 3 is 3.18 bits per heavy atom. The van der Waals surface area contributed by atoms with E-state index in [9.17, 15) is 0 Å². The van der Waals surface area contributed by atoms with Gasteiger partial charge in [-0.1, -0.05) is 5.12 Å². The lowest BCUT2D eigenvalue weighted by Gasteiger charge is -2.25. The highest BCUT2D eigenvalue weighted by Gasteiger charge is 2.46. The van der Waals surface area contributed by atoms with Crippen LogP contribution in [0, 0.1) is 5.41 Å². The van der Waals surface area contributed by atoms with Crippen molar-refractivity contribution in [3.8, 4) is 0 Å². The Morgan fingerprint density at radius 1 is 1.82 bits per heavy atom. The SMILES string of the molecule is C[N+]12C=CN=C1C(=N)CN2N. The number of amidine groups is 1. The lowest BCUT2D eigenvalue weighted by Crippen LogP contribution is -2.53. The van der Waals surface area contributed by atoms with Gasteiger partial charge < -0.3 is 0 Å². The van der Waals surface area contributed by atoms with Gasteiger partial charge in [-0.2, -0.15) is 9.58 Å². The van der Waals surface area contributed by atoms with Crippen molar-refractivity contribution in [2.45, 2.75) is 0 Å². The highest BCUT2D eigenvalue weighted by atomic mass is 15.9. The van der Waals surface area contributed by atoms with E-state index in [0.717, 1.165) is 5.84 Å². The summed E-state index contributed by atoms with van der Waals surface area (Å²) in [5, 5.41) is 9.10. The second-order valence-corrected chi connectivity index (χ2v) is 2.85. The van der Waals surface area contributed by atoms with Crippen LogP contribution in [0.2, 0.25) is 0 Å². The molecule has 1 saturated heterocycles. The second-order valence-electron chi connectivity index (χ2n) is 2.85. The first-order chi connectivity index (χ1) is 5.14. The van der Waals surface area contributed by atoms with Crippen LogP contribution in [0.5, 0.6) is 0 Å². The minimum atomic E-state index is 0.346. The van der Waals surface area contributed by atoms with Crippen LogP contribution in [0.4, 0.5) is 0 Å². The zero-order valence-corrected chi connectivity index (χ0v) is 6.28. The fraction of sp³-hybridized carbons (Fsp3) is 0.333. The van der Waals surface area contributed by atoms with Crippen molar-refractivity contribution in [2.24, 2.45) is 10.8 Å². The van der Waals surface area contributed by atoms with E-state index < -0.39 is 0 Å². The van der Waals surface area contributed by atoms with E-state index in [0.29, 0.717) is 16.8 Å². The molecule has 5 nitrogen and oxygen atoms in total. The maximum atomic E-state index is 7.52. The van der Waals surface area contributed by atoms with Gasteiger partial charge in [0.15, 0.2) is 0 Å². The van der Waals surface area contributed by atoms with Gasteiger partial charge in [0, 0.05) is 0 Å². The number of nitrogens with zero attached hydrogens (tertiary/aromatic N) is 3. The van der Waals surface area contributed by atoms with E-state index in [4.69, 9.17) is 11.3 Å². The summed E-state index contributed by atoms with van der Waals surface area (Å²) in [6, 6.07) is 0. The van der Waals surface area contributed by atoms with Crippen molar-refractivity contribution in [3.63, 3.8) is 0 Å². The van der Waals surface area contributed by atoms with Gasteiger partial charge in [-0.25, -0.2) is 5.84 Å². The van der Waals surface area contributed by atoms with Crippen LogP contribution in [0.1, 0.15) is 0 Å². The summed E-state index contributed by atoms with van der Waals surface area (Å²) in [6.07, 6.45) is 3.54. The van der Waals surface area contributed by atoms with Gasteiger partial charge in [0.1, 0.15) is 18.5 Å². The molecule has 11 heavy (non-hydrogen) atoms. The van der Waals surface area contributed by atoms with Gasteiger partial charge >= 0.3 is 0 Å². The highest BCUT2D eigenvalue weighted by Crippen LogP contribution is 2.21. The molecule has 5 heteroatoms. The van der Waals surface area contributed by atoms with E-state index in [1.807, 2.05) is 13.2 Å². The van der Waals surface area contributed by atoms with Crippen molar-refractivity contribution in [2.75, 3.05) is 13.6 Å². The molecule has 0 aliphatic carbocycles. The summed E-state index contributed by atoms with van der Waals surface area (Å²) in [5.41, 5.74) is 0.500. The van der Waals surface area contributed by atoms with Crippen LogP contribution in [0.25, 0.3) is 0 Å². The number of quaternary nitrogens is 1. The zero-order valence-electron chi connectivity index (χ0n) is 6.28. The van der Waals surface area contributed by atoms with Crippen LogP contribution in [-0.4, -0.2) is 34.8 Å². The summed E-state index contributed by atoms with van der Waals surface area (Å²) in [5.74, 6) is 6.41. The molecule has 0 radical (unpaired) electrons. The van der Waals surface area contributed by atoms with Crippen molar-refractivity contribution < 1.29 is 4.59 Å². The molecule has 58 valence electrons. The van der Waals surface area contributed by atoms with Crippen LogP contribution in [0.15, 0.2) is 17.4 Å². The number of hydrazine groups is 1. The van der Waals surface area contributed by atoms with E-state index in [-0.39, 0.29) is 0 Å². The lowest BCUT2D eigenvalue weighted by molar-refractivity contribution is -0.887. The Balaban J connectivity index is 2.50. The Bertz CT molecular complexity index is 279. The Kier molecular flexibility index (Phi) is 1.07. The van der Waals surface area contributed by atoms with Gasteiger partial charge in [0.2, 0.25) is 0 Å². The molecule has 3 N–H and O–H groups in total. The average Bonchev–Trinajstić information content (AvgIpc) is 2.39. The van der Waals surface area contributed by atoms with Gasteiger partial charge in [-0.15, -0.1) is 0 Å². The molecule has 1 fully saturated rings. The predicted octanol–water partition coefficient (Wildman–Crippen LogP) is -0.560. The second kappa shape index (κ2) is 1.76. The molecular formula is C6H10N5+. The normalized spacial score (nSPS) is 36.2. The van der Waals surface area contributed by atoms with Crippen LogP contribution in [0.3, 0.4) is 0 Å². The predicted molar refractivity (Wildman–Crippen MR) is 41.4 cm³/mol. The topological polar surface area (TPSA) is 65.5 Å². The standard InChI is InChI=1S/C6H10N5/c1-11-3-2-9-6(11)5(7)4-10(11)8/h2-3,7H,4,8H2,1H3/q+1. The molecule has 0 aromatic rings. The molecule has 1 atom stereocenters. The maximum absolute atomic E-state index is 7.52. The largest absolute Gasteiger partial charge is 0.296 e. The molecule has 0 aromatic carbocycles. The molecule has 2 rings (SSSR count). The number of nitrogens with one attached hydrogen (secondary N) is 1. The summed E-state index contributed by atoms with van der Waals surface area (Å²) in [6.45, 7) is 0.472. The van der Waals surface area contributed by atoms with E-state index in [1.54, 1.807) is 11.3 Å². The molecule has 2 heterocycles. The molecule has 0 amide bonds. The van der Waals surface area contributed by atoms with Crippen LogP contribution >= 0.6 is 0 Å². The number of hydrogen-bond donors (Lipinski definition) is 2. The van der Waals surface area contributed by atoms with Crippen molar-refractivity contribution in [1.82, 2.24) is 5.12 Å². The lowest BCUT2D eigenvalue weighted by atomic mass is 10.4. The third kappa shape index (κ3) is 0.644. The Morgan fingerprint density at radius 2 is 2.55 bits per heavy atom. The molecular weight excluding hydrogens is 142 g/mol. The van der Waals surface area contributed by atoms with Gasteiger partial charge in [0.05, 0.1) is 13.2 Å². The molecule has 0 aromatic heterocycles. The minimum Gasteiger partial charge on any atom is -0.296 e. The van der Waals surface area contributed by atoms with Crippen LogP contribution in [-0.2, 0) is 0 Å². The molecule has 0 spiro atoms. The number of nitrogens with two attached hydrogens (primary N) is 1. The first-order valence-corrected chi connectivity index (χ1v) is 3.37. The molecule has 0 bridgehead atoms. The molecule has 1 unspecified atom stereocenters. The Hall–Kier alpha value is -1.04.